The number of benzene rings is 2. The monoisotopic (exact) mass is 344 g/mol. The fraction of sp³-hybridized carbons (Fsp3) is 0.235. The van der Waals surface area contributed by atoms with E-state index in [0.29, 0.717) is 6.42 Å². The highest BCUT2D eigenvalue weighted by molar-refractivity contribution is 9.10. The lowest BCUT2D eigenvalue weighted by Gasteiger charge is -2.18. The van der Waals surface area contributed by atoms with E-state index in [4.69, 9.17) is 0 Å². The number of rotatable bonds is 3. The van der Waals surface area contributed by atoms with Crippen LogP contribution in [0.4, 0.5) is 11.4 Å². The molecular formula is C17H17BrN2O. The van der Waals surface area contributed by atoms with Gasteiger partial charge in [-0.3, -0.25) is 4.79 Å². The molecule has 3 nitrogen and oxygen atoms in total. The molecule has 0 bridgehead atoms. The molecule has 3 rings (SSSR count). The summed E-state index contributed by atoms with van der Waals surface area (Å²) >= 11 is 3.56. The smallest absolute Gasteiger partial charge is 0.224 e. The van der Waals surface area contributed by atoms with Crippen LogP contribution >= 0.6 is 15.9 Å². The van der Waals surface area contributed by atoms with Gasteiger partial charge in [0.25, 0.3) is 0 Å². The zero-order valence-electron chi connectivity index (χ0n) is 11.9. The van der Waals surface area contributed by atoms with Crippen LogP contribution in [0.1, 0.15) is 23.1 Å². The Bertz CT molecular complexity index is 697. The first-order valence-corrected chi connectivity index (χ1v) is 7.83. The van der Waals surface area contributed by atoms with Crippen LogP contribution in [0, 0.1) is 6.92 Å². The molecular weight excluding hydrogens is 328 g/mol. The number of carbonyl (C=O) groups excluding carboxylic acids is 1. The number of nitrogens with one attached hydrogen (secondary N) is 2. The highest BCUT2D eigenvalue weighted by Crippen LogP contribution is 2.26. The number of halogens is 1. The summed E-state index contributed by atoms with van der Waals surface area (Å²) in [6.07, 6.45) is 1.38. The molecule has 0 spiro atoms. The van der Waals surface area contributed by atoms with E-state index in [1.54, 1.807) is 0 Å². The summed E-state index contributed by atoms with van der Waals surface area (Å²) in [7, 11) is 0. The maximum Gasteiger partial charge on any atom is 0.224 e. The third-order valence-corrected chi connectivity index (χ3v) is 4.59. The average molecular weight is 345 g/mol. The van der Waals surface area contributed by atoms with Crippen LogP contribution in [-0.4, -0.2) is 5.91 Å². The van der Waals surface area contributed by atoms with Gasteiger partial charge in [0.15, 0.2) is 0 Å². The Morgan fingerprint density at radius 1 is 1.19 bits per heavy atom. The number of hydrogen-bond donors (Lipinski definition) is 2. The van der Waals surface area contributed by atoms with Gasteiger partial charge in [-0.25, -0.2) is 0 Å². The van der Waals surface area contributed by atoms with E-state index in [2.05, 4.69) is 57.8 Å². The molecule has 0 atom stereocenters. The van der Waals surface area contributed by atoms with E-state index >= 15 is 0 Å². The second-order valence-electron chi connectivity index (χ2n) is 5.36. The Morgan fingerprint density at radius 3 is 2.86 bits per heavy atom. The minimum atomic E-state index is 0.104. The lowest BCUT2D eigenvalue weighted by Crippen LogP contribution is -2.18. The number of fused-ring (bicyclic) bond motifs is 1. The van der Waals surface area contributed by atoms with Crippen LogP contribution in [0.5, 0.6) is 0 Å². The van der Waals surface area contributed by atoms with E-state index in [1.165, 1.54) is 16.7 Å². The maximum absolute atomic E-state index is 11.3. The fourth-order valence-corrected chi connectivity index (χ4v) is 2.87. The van der Waals surface area contributed by atoms with E-state index in [9.17, 15) is 4.79 Å². The minimum absolute atomic E-state index is 0.104. The van der Waals surface area contributed by atoms with Gasteiger partial charge in [0.2, 0.25) is 5.91 Å². The molecule has 0 fully saturated rings. The van der Waals surface area contributed by atoms with Gasteiger partial charge in [0, 0.05) is 28.8 Å². The van der Waals surface area contributed by atoms with Crippen molar-refractivity contribution in [2.75, 3.05) is 10.6 Å². The van der Waals surface area contributed by atoms with Gasteiger partial charge >= 0.3 is 0 Å². The van der Waals surface area contributed by atoms with Crippen molar-refractivity contribution in [3.8, 4) is 0 Å². The van der Waals surface area contributed by atoms with Gasteiger partial charge in [-0.2, -0.15) is 0 Å². The third-order valence-electron chi connectivity index (χ3n) is 3.73. The highest BCUT2D eigenvalue weighted by atomic mass is 79.9. The molecule has 1 aliphatic rings. The molecule has 1 amide bonds. The molecule has 2 aromatic rings. The summed E-state index contributed by atoms with van der Waals surface area (Å²) < 4.78 is 1.13. The zero-order chi connectivity index (χ0) is 14.8. The summed E-state index contributed by atoms with van der Waals surface area (Å²) in [6.45, 7) is 2.86. The van der Waals surface area contributed by atoms with E-state index in [0.717, 1.165) is 28.8 Å². The molecule has 0 saturated heterocycles. The van der Waals surface area contributed by atoms with Crippen LogP contribution in [0.25, 0.3) is 0 Å². The van der Waals surface area contributed by atoms with Gasteiger partial charge in [0.1, 0.15) is 0 Å². The molecule has 4 heteroatoms. The lowest BCUT2D eigenvalue weighted by molar-refractivity contribution is -0.116. The van der Waals surface area contributed by atoms with Gasteiger partial charge < -0.3 is 10.6 Å². The van der Waals surface area contributed by atoms with Crippen LogP contribution in [0.2, 0.25) is 0 Å². The van der Waals surface area contributed by atoms with E-state index in [-0.39, 0.29) is 5.91 Å². The number of amides is 1. The van der Waals surface area contributed by atoms with Crippen molar-refractivity contribution in [1.82, 2.24) is 0 Å². The number of hydrogen-bond acceptors (Lipinski definition) is 2. The summed E-state index contributed by atoms with van der Waals surface area (Å²) in [5, 5.41) is 6.34. The first-order chi connectivity index (χ1) is 10.1. The van der Waals surface area contributed by atoms with Gasteiger partial charge in [-0.15, -0.1) is 0 Å². The maximum atomic E-state index is 11.3. The Hall–Kier alpha value is -1.81. The van der Waals surface area contributed by atoms with Crippen molar-refractivity contribution in [1.29, 1.82) is 0 Å². The molecule has 21 heavy (non-hydrogen) atoms. The summed E-state index contributed by atoms with van der Waals surface area (Å²) in [6, 6.07) is 12.5. The Labute approximate surface area is 132 Å². The van der Waals surface area contributed by atoms with Crippen LogP contribution in [0.3, 0.4) is 0 Å². The average Bonchev–Trinajstić information content (AvgIpc) is 2.48. The fourth-order valence-electron chi connectivity index (χ4n) is 2.44. The van der Waals surface area contributed by atoms with Crippen molar-refractivity contribution in [2.45, 2.75) is 26.3 Å². The molecule has 1 aliphatic heterocycles. The number of anilines is 2. The molecule has 0 saturated carbocycles. The molecule has 0 radical (unpaired) electrons. The topological polar surface area (TPSA) is 41.1 Å². The van der Waals surface area contributed by atoms with Crippen LogP contribution < -0.4 is 10.6 Å². The van der Waals surface area contributed by atoms with Crippen LogP contribution in [-0.2, 0) is 17.8 Å². The van der Waals surface area contributed by atoms with Crippen LogP contribution in [0.15, 0.2) is 40.9 Å². The first kappa shape index (κ1) is 14.1. The Morgan fingerprint density at radius 2 is 2.05 bits per heavy atom. The van der Waals surface area contributed by atoms with Gasteiger partial charge in [0.05, 0.1) is 0 Å². The summed E-state index contributed by atoms with van der Waals surface area (Å²) in [4.78, 5) is 11.3. The number of carbonyl (C=O) groups is 1. The largest absolute Gasteiger partial charge is 0.381 e. The van der Waals surface area contributed by atoms with E-state index in [1.807, 2.05) is 12.1 Å². The quantitative estimate of drug-likeness (QED) is 0.873. The van der Waals surface area contributed by atoms with Crippen molar-refractivity contribution in [2.24, 2.45) is 0 Å². The molecule has 0 aromatic heterocycles. The van der Waals surface area contributed by atoms with E-state index < -0.39 is 0 Å². The molecule has 0 unspecified atom stereocenters. The Balaban J connectivity index is 1.71. The second-order valence-corrected chi connectivity index (χ2v) is 6.21. The molecule has 1 heterocycles. The normalized spacial score (nSPS) is 13.5. The molecule has 2 N–H and O–H groups in total. The van der Waals surface area contributed by atoms with Crippen molar-refractivity contribution in [3.63, 3.8) is 0 Å². The SMILES string of the molecule is Cc1ccc(CNc2ccc3c(c2)CCC(=O)N3)cc1Br. The summed E-state index contributed by atoms with van der Waals surface area (Å²) in [5.41, 5.74) is 5.70. The predicted molar refractivity (Wildman–Crippen MR) is 89.6 cm³/mol. The highest BCUT2D eigenvalue weighted by Gasteiger charge is 2.14. The third kappa shape index (κ3) is 3.27. The van der Waals surface area contributed by atoms with Gasteiger partial charge in [-0.1, -0.05) is 28.1 Å². The van der Waals surface area contributed by atoms with Crippen molar-refractivity contribution < 1.29 is 4.79 Å². The molecule has 0 aliphatic carbocycles. The molecule has 108 valence electrons. The second kappa shape index (κ2) is 5.90. The minimum Gasteiger partial charge on any atom is -0.381 e. The lowest BCUT2D eigenvalue weighted by atomic mass is 10.0. The first-order valence-electron chi connectivity index (χ1n) is 7.03. The summed E-state index contributed by atoms with van der Waals surface area (Å²) in [5.74, 6) is 0.104. The Kier molecular flexibility index (Phi) is 3.97. The zero-order valence-corrected chi connectivity index (χ0v) is 13.5. The van der Waals surface area contributed by atoms with Gasteiger partial charge in [-0.05, 0) is 54.3 Å². The molecule has 2 aromatic carbocycles. The van der Waals surface area contributed by atoms with Crippen molar-refractivity contribution >= 4 is 33.2 Å². The van der Waals surface area contributed by atoms with Crippen molar-refractivity contribution in [3.05, 3.63) is 57.6 Å². The number of aryl methyl sites for hydroxylation is 2. The standard InChI is InChI=1S/C17H17BrN2O/c1-11-2-3-12(8-15(11)18)10-19-14-5-6-16-13(9-14)4-7-17(21)20-16/h2-3,5-6,8-9,19H,4,7,10H2,1H3,(H,20,21). The predicted octanol–water partition coefficient (Wildman–Crippen LogP) is 4.25.